The molecule has 4 aromatic rings. The van der Waals surface area contributed by atoms with E-state index in [1.54, 1.807) is 18.6 Å². The van der Waals surface area contributed by atoms with E-state index in [2.05, 4.69) is 19.9 Å². The van der Waals surface area contributed by atoms with Crippen LogP contribution in [0.5, 0.6) is 0 Å². The summed E-state index contributed by atoms with van der Waals surface area (Å²) in [5.74, 6) is -1.82. The summed E-state index contributed by atoms with van der Waals surface area (Å²) in [4.78, 5) is 56.7. The van der Waals surface area contributed by atoms with Crippen molar-refractivity contribution in [3.05, 3.63) is 96.6 Å². The molecule has 0 aromatic carbocycles. The van der Waals surface area contributed by atoms with Crippen molar-refractivity contribution in [2.75, 3.05) is 0 Å². The van der Waals surface area contributed by atoms with Crippen molar-refractivity contribution in [1.29, 1.82) is 0 Å². The predicted octanol–water partition coefficient (Wildman–Crippen LogP) is 4.40. The van der Waals surface area contributed by atoms with Gasteiger partial charge in [0.05, 0.1) is 28.3 Å². The van der Waals surface area contributed by atoms with Crippen LogP contribution in [0.4, 0.5) is 21.0 Å². The smallest absolute Gasteiger partial charge is 0.0886 e. The number of aromatic nitrogens is 4. The van der Waals surface area contributed by atoms with E-state index in [0.717, 1.165) is 17.0 Å². The molecule has 0 atom stereocenters. The number of carbonyl (C=O) groups is 3. The summed E-state index contributed by atoms with van der Waals surface area (Å²) in [6.45, 7) is 1.92. The summed E-state index contributed by atoms with van der Waals surface area (Å²) in [7, 11) is -8.55. The molecule has 1 saturated heterocycles. The van der Waals surface area contributed by atoms with Crippen molar-refractivity contribution in [2.24, 2.45) is 0 Å². The molecule has 9 nitrogen and oxygen atoms in total. The summed E-state index contributed by atoms with van der Waals surface area (Å²) in [6, 6.07) is 18.2. The summed E-state index contributed by atoms with van der Waals surface area (Å²) in [5.41, 5.74) is 4.15. The number of amides is 2. The van der Waals surface area contributed by atoms with Crippen LogP contribution in [0.3, 0.4) is 0 Å². The fraction of sp³-hybridized carbons (Fsp3) is 0.115. The molecule has 44 heavy (non-hydrogen) atoms. The van der Waals surface area contributed by atoms with Gasteiger partial charge in [0.1, 0.15) is 0 Å². The van der Waals surface area contributed by atoms with Gasteiger partial charge in [-0.2, -0.15) is 0 Å². The fourth-order valence-corrected chi connectivity index (χ4v) is 3.20. The zero-order chi connectivity index (χ0) is 30.1. The average molecular weight is 841 g/mol. The first-order valence-electron chi connectivity index (χ1n) is 11.7. The van der Waals surface area contributed by atoms with Gasteiger partial charge >= 0.3 is 35.1 Å². The van der Waals surface area contributed by atoms with E-state index in [1.165, 1.54) is 18.3 Å². The van der Waals surface area contributed by atoms with Gasteiger partial charge < -0.3 is 9.54 Å². The van der Waals surface area contributed by atoms with Crippen molar-refractivity contribution in [3.8, 4) is 22.8 Å². The summed E-state index contributed by atoms with van der Waals surface area (Å²) >= 11 is 0. The summed E-state index contributed by atoms with van der Waals surface area (Å²) in [6.07, 6.45) is 6.75. The molecule has 1 aliphatic rings. The second-order valence-electron chi connectivity index (χ2n) is 8.18. The van der Waals surface area contributed by atoms with Gasteiger partial charge in [-0.05, 0) is 61.0 Å². The van der Waals surface area contributed by atoms with Gasteiger partial charge in [-0.1, -0.05) is 12.1 Å². The van der Waals surface area contributed by atoms with Crippen molar-refractivity contribution in [2.45, 2.75) is 19.8 Å². The number of aryl methyl sites for hydroxylation is 1. The van der Waals surface area contributed by atoms with Gasteiger partial charge in [-0.3, -0.25) is 29.5 Å². The van der Waals surface area contributed by atoms with Crippen molar-refractivity contribution in [1.82, 2.24) is 25.0 Å². The Labute approximate surface area is 277 Å². The third kappa shape index (κ3) is 14.4. The Kier molecular flexibility index (Phi) is 16.4. The van der Waals surface area contributed by atoms with Crippen LogP contribution in [-0.2, 0) is 33.9 Å². The normalized spacial score (nSPS) is 12.7. The van der Waals surface area contributed by atoms with Crippen LogP contribution in [0.25, 0.3) is 22.8 Å². The molecule has 0 N–H and O–H groups in total. The minimum absolute atomic E-state index is 0. The molecular weight excluding hydrogens is 819 g/mol. The Morgan fingerprint density at radius 3 is 1.59 bits per heavy atom. The molecule has 238 valence electrons. The Hall–Kier alpha value is -3.43. The molecule has 0 radical (unpaired) electrons. The zero-order valence-electron chi connectivity index (χ0n) is 22.3. The number of nitrogens with zero attached hydrogens (tertiary/aromatic N) is 5. The van der Waals surface area contributed by atoms with E-state index in [9.17, 15) is 35.4 Å². The minimum Gasteiger partial charge on any atom is -1.00 e. The van der Waals surface area contributed by atoms with Crippen LogP contribution in [0, 0.1) is 6.92 Å². The topological polar surface area (TPSA) is 115 Å². The van der Waals surface area contributed by atoms with Crippen molar-refractivity contribution >= 4 is 49.9 Å². The Balaban J connectivity index is 0.000000743. The maximum absolute atomic E-state index is 12.1. The number of halogens is 7. The third-order valence-corrected chi connectivity index (χ3v) is 4.95. The Morgan fingerprint density at radius 1 is 0.727 bits per heavy atom. The standard InChI is InChI=1S/C16H13N3O4.C10H8N2.F5P.FH.HI.Ru/c1-10-4-6-17-12(8-10)13-9-11(5-7-18-13)16(22)23-19-14(20)2-3-15(19)21;1-3-7-11-9(5-1)10-6-2-4-8-12-10;1-6(2,3,4)5;;;/h4-9H,2-3H2,1H3;1-8H;;2*1H;/p-1. The molecule has 0 aliphatic carbocycles. The van der Waals surface area contributed by atoms with E-state index >= 15 is 0 Å². The monoisotopic (exact) mass is 842 g/mol. The fourth-order valence-electron chi connectivity index (χ4n) is 3.20. The number of hydrogen-bond donors (Lipinski definition) is 0. The van der Waals surface area contributed by atoms with Gasteiger partial charge in [0, 0.05) is 57.1 Å². The zero-order valence-corrected chi connectivity index (χ0v) is 27.3. The molecule has 0 spiro atoms. The van der Waals surface area contributed by atoms with Crippen molar-refractivity contribution in [3.63, 3.8) is 0 Å². The molecule has 18 heteroatoms. The van der Waals surface area contributed by atoms with E-state index in [4.69, 9.17) is 4.84 Å². The van der Waals surface area contributed by atoms with E-state index < -0.39 is 25.9 Å². The molecule has 0 unspecified atom stereocenters. The number of carbonyl (C=O) groups excluding carboxylic acids is 3. The first-order valence-corrected chi connectivity index (χ1v) is 13.3. The van der Waals surface area contributed by atoms with Crippen LogP contribution >= 0.6 is 32.1 Å². The molecule has 5 heterocycles. The van der Waals surface area contributed by atoms with E-state index in [-0.39, 0.29) is 66.6 Å². The maximum Gasteiger partial charge on any atom is 0.0886 e. The van der Waals surface area contributed by atoms with Gasteiger partial charge in [-0.15, -0.1) is 29.0 Å². The van der Waals surface area contributed by atoms with E-state index in [0.29, 0.717) is 16.5 Å². The first-order chi connectivity index (χ1) is 19.2. The largest absolute Gasteiger partial charge is 1.00 e. The average Bonchev–Trinajstić information content (AvgIpc) is 3.25. The molecule has 1 aliphatic heterocycles. The van der Waals surface area contributed by atoms with Crippen LogP contribution in [-0.4, -0.2) is 42.8 Å². The van der Waals surface area contributed by atoms with Crippen LogP contribution in [0.2, 0.25) is 0 Å². The number of imide groups is 1. The Morgan fingerprint density at radius 2 is 1.16 bits per heavy atom. The molecule has 1 fully saturated rings. The van der Waals surface area contributed by atoms with Crippen LogP contribution in [0.15, 0.2) is 85.5 Å². The van der Waals surface area contributed by atoms with Gasteiger partial charge in [0.2, 0.25) is 0 Å². The SMILES string of the molecule is Cc1ccnc(-c2cc(C(=O)ON3C(=O)CCC3=O)ccn2)c1.FP(F)(F)(F)F.I.[F-].[Ru].c1ccc(-c2ccccn2)nc1. The first kappa shape index (κ1) is 40.6. The molecule has 0 bridgehead atoms. The molecule has 5 rings (SSSR count). The summed E-state index contributed by atoms with van der Waals surface area (Å²) < 4.78 is 49.2. The van der Waals surface area contributed by atoms with Gasteiger partial charge in [-0.25, -0.2) is 4.79 Å². The number of hydrogen-bond acceptors (Lipinski definition) is 8. The summed E-state index contributed by atoms with van der Waals surface area (Å²) in [5, 5.41) is 0.521. The molecule has 4 aromatic heterocycles. The van der Waals surface area contributed by atoms with Crippen LogP contribution in [0.1, 0.15) is 28.8 Å². The molecule has 0 saturated carbocycles. The minimum atomic E-state index is -8.55. The number of hydroxylamine groups is 2. The molecule has 2 amide bonds. The van der Waals surface area contributed by atoms with Crippen molar-refractivity contribution < 1.29 is 64.4 Å². The quantitative estimate of drug-likeness (QED) is 0.0978. The maximum atomic E-state index is 12.1. The third-order valence-electron chi connectivity index (χ3n) is 4.95. The van der Waals surface area contributed by atoms with Crippen LogP contribution < -0.4 is 4.70 Å². The second-order valence-corrected chi connectivity index (χ2v) is 9.46. The second kappa shape index (κ2) is 17.8. The van der Waals surface area contributed by atoms with E-state index in [1.807, 2.05) is 55.5 Å². The number of rotatable bonds is 4. The predicted molar refractivity (Wildman–Crippen MR) is 154 cm³/mol. The van der Waals surface area contributed by atoms with Gasteiger partial charge in [0.25, 0.3) is 11.8 Å². The number of pyridine rings is 4. The Bertz CT molecular complexity index is 1470. The molecular formula is C26H22F6IN5O4PRu-. The van der Waals surface area contributed by atoms with Gasteiger partial charge in [0.15, 0.2) is 0 Å².